The molecule has 0 radical (unpaired) electrons. The zero-order chi connectivity index (χ0) is 12.0. The highest BCUT2D eigenvalue weighted by Gasteiger charge is 2.02. The third-order valence-electron chi connectivity index (χ3n) is 1.36. The smallest absolute Gasteiger partial charge is 0.234 e. The van der Waals surface area contributed by atoms with E-state index in [-0.39, 0.29) is 16.5 Å². The van der Waals surface area contributed by atoms with Crippen molar-refractivity contribution in [2.45, 2.75) is 0 Å². The number of nitrogens with one attached hydrogen (secondary N) is 2. The molecule has 0 aliphatic heterocycles. The van der Waals surface area contributed by atoms with E-state index in [4.69, 9.17) is 23.2 Å². The minimum Gasteiger partial charge on any atom is -0.353 e. The number of aromatic nitrogens is 3. The lowest BCUT2D eigenvalue weighted by atomic mass is 10.6. The van der Waals surface area contributed by atoms with Crippen LogP contribution in [0.3, 0.4) is 0 Å². The summed E-state index contributed by atoms with van der Waals surface area (Å²) < 4.78 is 17.9. The molecule has 1 heterocycles. The monoisotopic (exact) mass is 285 g/mol. The van der Waals surface area contributed by atoms with Gasteiger partial charge in [0.05, 0.1) is 7.11 Å². The molecule has 0 amide bonds. The molecule has 90 valence electrons. The molecule has 10 heteroatoms. The Bertz CT molecular complexity index is 360. The SMILES string of the molecule is COS(=O)NCCNc1nc(Cl)nc(Cl)n1. The Labute approximate surface area is 105 Å². The highest BCUT2D eigenvalue weighted by atomic mass is 35.5. The number of anilines is 1. The number of halogens is 2. The van der Waals surface area contributed by atoms with E-state index in [0.29, 0.717) is 13.1 Å². The summed E-state index contributed by atoms with van der Waals surface area (Å²) in [5.41, 5.74) is 0. The van der Waals surface area contributed by atoms with Crippen molar-refractivity contribution in [2.24, 2.45) is 0 Å². The van der Waals surface area contributed by atoms with Crippen LogP contribution in [0.2, 0.25) is 10.6 Å². The van der Waals surface area contributed by atoms with Gasteiger partial charge in [0.25, 0.3) is 0 Å². The highest BCUT2D eigenvalue weighted by molar-refractivity contribution is 7.78. The molecular weight excluding hydrogens is 277 g/mol. The topological polar surface area (TPSA) is 89.0 Å². The normalized spacial score (nSPS) is 12.4. The average molecular weight is 286 g/mol. The molecule has 2 N–H and O–H groups in total. The minimum atomic E-state index is -1.49. The molecule has 1 rings (SSSR count). The minimum absolute atomic E-state index is 0.0101. The van der Waals surface area contributed by atoms with Crippen molar-refractivity contribution in [3.8, 4) is 0 Å². The number of hydrogen-bond donors (Lipinski definition) is 2. The van der Waals surface area contributed by atoms with Crippen LogP contribution in [-0.4, -0.2) is 39.4 Å². The second-order valence-electron chi connectivity index (χ2n) is 2.42. The predicted octanol–water partition coefficient (Wildman–Crippen LogP) is 0.405. The van der Waals surface area contributed by atoms with E-state index in [1.165, 1.54) is 7.11 Å². The van der Waals surface area contributed by atoms with E-state index in [1.807, 2.05) is 0 Å². The summed E-state index contributed by atoms with van der Waals surface area (Å²) in [7, 11) is 1.34. The van der Waals surface area contributed by atoms with Crippen LogP contribution >= 0.6 is 23.2 Å². The molecule has 1 unspecified atom stereocenters. The number of nitrogens with zero attached hydrogens (tertiary/aromatic N) is 3. The molecule has 0 bridgehead atoms. The lowest BCUT2D eigenvalue weighted by Crippen LogP contribution is -2.25. The Kier molecular flexibility index (Phi) is 5.85. The van der Waals surface area contributed by atoms with Crippen LogP contribution in [0.4, 0.5) is 5.95 Å². The van der Waals surface area contributed by atoms with Crippen molar-refractivity contribution in [2.75, 3.05) is 25.5 Å². The van der Waals surface area contributed by atoms with Gasteiger partial charge in [-0.1, -0.05) is 0 Å². The van der Waals surface area contributed by atoms with Crippen molar-refractivity contribution >= 4 is 40.4 Å². The van der Waals surface area contributed by atoms with Crippen LogP contribution in [0.5, 0.6) is 0 Å². The molecule has 0 fully saturated rings. The Hall–Kier alpha value is -0.540. The molecule has 16 heavy (non-hydrogen) atoms. The van der Waals surface area contributed by atoms with Crippen LogP contribution in [0.25, 0.3) is 0 Å². The summed E-state index contributed by atoms with van der Waals surface area (Å²) in [5.74, 6) is 0.259. The van der Waals surface area contributed by atoms with E-state index in [9.17, 15) is 4.21 Å². The van der Waals surface area contributed by atoms with Gasteiger partial charge in [0.15, 0.2) is 0 Å². The fourth-order valence-corrected chi connectivity index (χ4v) is 1.52. The molecule has 0 saturated heterocycles. The first-order chi connectivity index (χ1) is 7.61. The molecule has 1 atom stereocenters. The van der Waals surface area contributed by atoms with Crippen molar-refractivity contribution < 1.29 is 8.39 Å². The molecule has 1 aromatic rings. The van der Waals surface area contributed by atoms with E-state index >= 15 is 0 Å². The lowest BCUT2D eigenvalue weighted by molar-refractivity contribution is 0.437. The second-order valence-corrected chi connectivity index (χ2v) is 4.19. The van der Waals surface area contributed by atoms with E-state index in [2.05, 4.69) is 29.2 Å². The fourth-order valence-electron chi connectivity index (χ4n) is 0.773. The van der Waals surface area contributed by atoms with Gasteiger partial charge in [0.1, 0.15) is 0 Å². The maximum Gasteiger partial charge on any atom is 0.234 e. The summed E-state index contributed by atoms with van der Waals surface area (Å²) >= 11 is 9.64. The molecule has 0 spiro atoms. The van der Waals surface area contributed by atoms with Gasteiger partial charge in [0.2, 0.25) is 27.8 Å². The molecule has 0 aliphatic rings. The molecule has 7 nitrogen and oxygen atoms in total. The van der Waals surface area contributed by atoms with Gasteiger partial charge in [-0.15, -0.1) is 0 Å². The maximum absolute atomic E-state index is 10.8. The van der Waals surface area contributed by atoms with Crippen LogP contribution in [0.1, 0.15) is 0 Å². The lowest BCUT2D eigenvalue weighted by Gasteiger charge is -2.05. The van der Waals surface area contributed by atoms with Gasteiger partial charge in [-0.2, -0.15) is 15.0 Å². The third-order valence-corrected chi connectivity index (χ3v) is 2.44. The largest absolute Gasteiger partial charge is 0.353 e. The third kappa shape index (κ3) is 4.99. The number of hydrogen-bond acceptors (Lipinski definition) is 6. The first-order valence-electron chi connectivity index (χ1n) is 4.12. The van der Waals surface area contributed by atoms with Crippen molar-refractivity contribution in [1.29, 1.82) is 0 Å². The maximum atomic E-state index is 10.8. The zero-order valence-corrected chi connectivity index (χ0v) is 10.6. The van der Waals surface area contributed by atoms with Crippen LogP contribution in [0.15, 0.2) is 0 Å². The van der Waals surface area contributed by atoms with Crippen molar-refractivity contribution in [1.82, 2.24) is 19.7 Å². The van der Waals surface area contributed by atoms with Crippen LogP contribution in [-0.2, 0) is 15.4 Å². The summed E-state index contributed by atoms with van der Waals surface area (Å²) in [4.78, 5) is 11.2. The summed E-state index contributed by atoms with van der Waals surface area (Å²) in [5, 5.41) is 2.84. The van der Waals surface area contributed by atoms with E-state index < -0.39 is 11.3 Å². The predicted molar refractivity (Wildman–Crippen MR) is 61.5 cm³/mol. The fraction of sp³-hybridized carbons (Fsp3) is 0.500. The van der Waals surface area contributed by atoms with Gasteiger partial charge in [-0.25, -0.2) is 8.93 Å². The van der Waals surface area contributed by atoms with E-state index in [0.717, 1.165) is 0 Å². The first-order valence-corrected chi connectivity index (χ1v) is 5.95. The summed E-state index contributed by atoms with van der Waals surface area (Å²) in [6.07, 6.45) is 0. The summed E-state index contributed by atoms with van der Waals surface area (Å²) in [6.45, 7) is 0.840. The van der Waals surface area contributed by atoms with Gasteiger partial charge < -0.3 is 5.32 Å². The Balaban J connectivity index is 2.34. The van der Waals surface area contributed by atoms with Gasteiger partial charge in [-0.3, -0.25) is 4.18 Å². The van der Waals surface area contributed by atoms with Crippen LogP contribution < -0.4 is 10.0 Å². The Morgan fingerprint density at radius 2 is 1.88 bits per heavy atom. The second kappa shape index (κ2) is 6.92. The van der Waals surface area contributed by atoms with Gasteiger partial charge in [0, 0.05) is 13.1 Å². The molecule has 1 aromatic heterocycles. The van der Waals surface area contributed by atoms with Gasteiger partial charge >= 0.3 is 0 Å². The standard InChI is InChI=1S/C6H9Cl2N5O2S/c1-15-16(14)10-3-2-9-6-12-4(7)11-5(8)13-6/h10H,2-3H2,1H3,(H,9,11,12,13). The Morgan fingerprint density at radius 1 is 1.25 bits per heavy atom. The van der Waals surface area contributed by atoms with Crippen LogP contribution in [0, 0.1) is 0 Å². The number of rotatable bonds is 6. The zero-order valence-electron chi connectivity index (χ0n) is 8.24. The Morgan fingerprint density at radius 3 is 2.44 bits per heavy atom. The molecule has 0 aliphatic carbocycles. The van der Waals surface area contributed by atoms with Gasteiger partial charge in [-0.05, 0) is 23.2 Å². The van der Waals surface area contributed by atoms with E-state index in [1.54, 1.807) is 0 Å². The molecule has 0 saturated carbocycles. The summed E-state index contributed by atoms with van der Waals surface area (Å²) in [6, 6.07) is 0. The first kappa shape index (κ1) is 13.5. The molecule has 0 aromatic carbocycles. The van der Waals surface area contributed by atoms with Crippen molar-refractivity contribution in [3.63, 3.8) is 0 Å². The highest BCUT2D eigenvalue weighted by Crippen LogP contribution is 2.08. The quantitative estimate of drug-likeness (QED) is 0.736. The van der Waals surface area contributed by atoms with Crippen molar-refractivity contribution in [3.05, 3.63) is 10.6 Å². The molecular formula is C6H9Cl2N5O2S. The average Bonchev–Trinajstić information content (AvgIpc) is 2.22.